The summed E-state index contributed by atoms with van der Waals surface area (Å²) in [6.45, 7) is 1.73. The maximum atomic E-state index is 12.7. The predicted octanol–water partition coefficient (Wildman–Crippen LogP) is 2.90. The van der Waals surface area contributed by atoms with Gasteiger partial charge in [0, 0.05) is 11.8 Å². The van der Waals surface area contributed by atoms with Gasteiger partial charge in [0.15, 0.2) is 0 Å². The van der Waals surface area contributed by atoms with Crippen LogP contribution in [0.15, 0.2) is 42.6 Å². The lowest BCUT2D eigenvalue weighted by molar-refractivity contribution is 0.102. The van der Waals surface area contributed by atoms with Crippen molar-refractivity contribution in [1.29, 1.82) is 0 Å². The maximum absolute atomic E-state index is 12.7. The van der Waals surface area contributed by atoms with E-state index in [9.17, 15) is 14.7 Å². The van der Waals surface area contributed by atoms with Crippen LogP contribution in [-0.2, 0) is 0 Å². The predicted molar refractivity (Wildman–Crippen MR) is 88.7 cm³/mol. The van der Waals surface area contributed by atoms with Crippen molar-refractivity contribution in [3.05, 3.63) is 58.9 Å². The summed E-state index contributed by atoms with van der Waals surface area (Å²) in [5.41, 5.74) is 0.561. The first-order valence-electron chi connectivity index (χ1n) is 7.00. The summed E-state index contributed by atoms with van der Waals surface area (Å²) in [6, 6.07) is 9.88. The summed E-state index contributed by atoms with van der Waals surface area (Å²) in [5, 5.41) is 11.0. The molecule has 1 heterocycles. The number of ketones is 1. The zero-order valence-corrected chi connectivity index (χ0v) is 13.9. The second-order valence-corrected chi connectivity index (χ2v) is 5.68. The molecule has 0 bridgehead atoms. The summed E-state index contributed by atoms with van der Waals surface area (Å²) in [5.74, 6) is -0.335. The van der Waals surface area contributed by atoms with Crippen LogP contribution in [-0.4, -0.2) is 46.8 Å². The Morgan fingerprint density at radius 1 is 1.17 bits per heavy atom. The van der Waals surface area contributed by atoms with Crippen LogP contribution in [0.1, 0.15) is 23.0 Å². The van der Waals surface area contributed by atoms with E-state index in [0.717, 1.165) is 5.01 Å². The highest BCUT2D eigenvalue weighted by Gasteiger charge is 2.27. The second kappa shape index (κ2) is 6.85. The number of carbonyl (C=O) groups is 2. The molecule has 0 radical (unpaired) electrons. The normalized spacial score (nSPS) is 12.2. The first-order valence-corrected chi connectivity index (χ1v) is 7.38. The molecule has 1 aromatic heterocycles. The van der Waals surface area contributed by atoms with Crippen LogP contribution in [0, 0.1) is 0 Å². The molecule has 0 aliphatic heterocycles. The lowest BCUT2D eigenvalue weighted by atomic mass is 10.1. The van der Waals surface area contributed by atoms with Crippen molar-refractivity contribution < 1.29 is 14.7 Å². The average Bonchev–Trinajstić information content (AvgIpc) is 2.95. The first kappa shape index (κ1) is 17.1. The molecule has 2 aromatic rings. The largest absolute Gasteiger partial charge is 0.464 e. The van der Waals surface area contributed by atoms with Gasteiger partial charge in [0.05, 0.1) is 5.02 Å². The molecule has 2 rings (SSSR count). The first-order chi connectivity index (χ1) is 10.8. The fraction of sp³-hybridized carbons (Fsp3) is 0.250. The Labute approximate surface area is 139 Å². The van der Waals surface area contributed by atoms with Crippen LogP contribution in [0.2, 0.25) is 5.02 Å². The molecule has 0 saturated heterocycles. The molecule has 0 aliphatic carbocycles. The van der Waals surface area contributed by atoms with E-state index >= 15 is 0 Å². The highest BCUT2D eigenvalue weighted by Crippen LogP contribution is 2.20. The highest BCUT2D eigenvalue weighted by molar-refractivity contribution is 6.34. The Bertz CT molecular complexity index is 727. The summed E-state index contributed by atoms with van der Waals surface area (Å²) in [6.07, 6.45) is -0.0774. The molecule has 6 nitrogen and oxygen atoms in total. The average molecular weight is 336 g/mol. The molecule has 1 N–H and O–H groups in total. The molecule has 1 amide bonds. The summed E-state index contributed by atoms with van der Waals surface area (Å²) in [7, 11) is 3.53. The molecular weight excluding hydrogens is 318 g/mol. The number of amides is 1. The van der Waals surface area contributed by atoms with E-state index < -0.39 is 12.3 Å². The summed E-state index contributed by atoms with van der Waals surface area (Å²) in [4.78, 5) is 26.1. The van der Waals surface area contributed by atoms with Crippen molar-refractivity contribution in [2.24, 2.45) is 0 Å². The third-order valence-corrected chi connectivity index (χ3v) is 3.94. The SMILES string of the molecule is CC(N(C)C)N(C(=O)O)n1cccc1C(=O)c1ccccc1Cl. The van der Waals surface area contributed by atoms with E-state index in [0.29, 0.717) is 10.6 Å². The lowest BCUT2D eigenvalue weighted by Gasteiger charge is -2.32. The standard InChI is InChI=1S/C16H18ClN3O3/c1-11(18(2)3)20(16(22)23)19-10-6-9-14(19)15(21)12-7-4-5-8-13(12)17/h4-11H,1-3H3,(H,22,23). The number of hydrogen-bond acceptors (Lipinski definition) is 3. The molecule has 0 fully saturated rings. The van der Waals surface area contributed by atoms with Crippen LogP contribution < -0.4 is 5.01 Å². The van der Waals surface area contributed by atoms with Crippen LogP contribution in [0.4, 0.5) is 4.79 Å². The third-order valence-electron chi connectivity index (χ3n) is 3.61. The molecule has 23 heavy (non-hydrogen) atoms. The quantitative estimate of drug-likeness (QED) is 0.674. The van der Waals surface area contributed by atoms with Crippen LogP contribution >= 0.6 is 11.6 Å². The van der Waals surface area contributed by atoms with Crippen molar-refractivity contribution >= 4 is 23.5 Å². The van der Waals surface area contributed by atoms with Gasteiger partial charge in [-0.25, -0.2) is 4.79 Å². The van der Waals surface area contributed by atoms with Gasteiger partial charge in [-0.05, 0) is 45.3 Å². The molecule has 1 atom stereocenters. The highest BCUT2D eigenvalue weighted by atomic mass is 35.5. The fourth-order valence-electron chi connectivity index (χ4n) is 2.17. The van der Waals surface area contributed by atoms with Crippen molar-refractivity contribution in [2.75, 3.05) is 19.1 Å². The van der Waals surface area contributed by atoms with Gasteiger partial charge >= 0.3 is 6.09 Å². The number of nitrogens with zero attached hydrogens (tertiary/aromatic N) is 3. The maximum Gasteiger partial charge on any atom is 0.428 e. The zero-order chi connectivity index (χ0) is 17.1. The summed E-state index contributed by atoms with van der Waals surface area (Å²) >= 11 is 6.08. The molecule has 7 heteroatoms. The van der Waals surface area contributed by atoms with Crippen LogP contribution in [0.3, 0.4) is 0 Å². The zero-order valence-electron chi connectivity index (χ0n) is 13.1. The number of rotatable bonds is 5. The molecule has 0 aliphatic rings. The molecule has 0 spiro atoms. The van der Waals surface area contributed by atoms with E-state index in [1.807, 2.05) is 0 Å². The number of halogens is 1. The smallest absolute Gasteiger partial charge is 0.428 e. The Hall–Kier alpha value is -2.31. The number of carbonyl (C=O) groups excluding carboxylic acids is 1. The van der Waals surface area contributed by atoms with Crippen molar-refractivity contribution in [3.8, 4) is 0 Å². The molecule has 0 saturated carbocycles. The molecule has 1 unspecified atom stereocenters. The Morgan fingerprint density at radius 2 is 1.83 bits per heavy atom. The van der Waals surface area contributed by atoms with E-state index in [1.165, 1.54) is 10.9 Å². The summed E-state index contributed by atoms with van der Waals surface area (Å²) < 4.78 is 1.33. The van der Waals surface area contributed by atoms with Crippen LogP contribution in [0.5, 0.6) is 0 Å². The van der Waals surface area contributed by atoms with Crippen molar-refractivity contribution in [1.82, 2.24) is 9.58 Å². The van der Waals surface area contributed by atoms with E-state index in [4.69, 9.17) is 11.6 Å². The Balaban J connectivity index is 2.48. The topological polar surface area (TPSA) is 65.8 Å². The Kier molecular flexibility index (Phi) is 5.08. The molecular formula is C16H18ClN3O3. The number of hydrogen-bond donors (Lipinski definition) is 1. The van der Waals surface area contributed by atoms with Crippen molar-refractivity contribution in [3.63, 3.8) is 0 Å². The fourth-order valence-corrected chi connectivity index (χ4v) is 2.40. The van der Waals surface area contributed by atoms with Gasteiger partial charge < -0.3 is 5.11 Å². The minimum Gasteiger partial charge on any atom is -0.464 e. The van der Waals surface area contributed by atoms with Gasteiger partial charge in [-0.15, -0.1) is 0 Å². The van der Waals surface area contributed by atoms with Gasteiger partial charge in [-0.2, -0.15) is 5.01 Å². The van der Waals surface area contributed by atoms with Gasteiger partial charge in [0.1, 0.15) is 11.9 Å². The van der Waals surface area contributed by atoms with E-state index in [1.54, 1.807) is 62.3 Å². The van der Waals surface area contributed by atoms with Crippen molar-refractivity contribution in [2.45, 2.75) is 13.1 Å². The minimum atomic E-state index is -1.16. The lowest BCUT2D eigenvalue weighted by Crippen LogP contribution is -2.52. The third kappa shape index (κ3) is 3.38. The minimum absolute atomic E-state index is 0.231. The van der Waals surface area contributed by atoms with Crippen LogP contribution in [0.25, 0.3) is 0 Å². The Morgan fingerprint density at radius 3 is 2.39 bits per heavy atom. The monoisotopic (exact) mass is 335 g/mol. The van der Waals surface area contributed by atoms with Gasteiger partial charge in [0.25, 0.3) is 0 Å². The number of aromatic nitrogens is 1. The second-order valence-electron chi connectivity index (χ2n) is 5.27. The van der Waals surface area contributed by atoms with Gasteiger partial charge in [-0.1, -0.05) is 23.7 Å². The molecule has 1 aromatic carbocycles. The van der Waals surface area contributed by atoms with E-state index in [2.05, 4.69) is 0 Å². The molecule has 122 valence electrons. The van der Waals surface area contributed by atoms with Gasteiger partial charge in [-0.3, -0.25) is 14.4 Å². The number of carboxylic acid groups (broad SMARTS) is 1. The number of benzene rings is 1. The van der Waals surface area contributed by atoms with Gasteiger partial charge in [0.2, 0.25) is 5.78 Å². The van der Waals surface area contributed by atoms with E-state index in [-0.39, 0.29) is 11.5 Å².